The summed E-state index contributed by atoms with van der Waals surface area (Å²) in [5.74, 6) is 0.856. The molecule has 0 bridgehead atoms. The van der Waals surface area contributed by atoms with E-state index in [0.717, 1.165) is 29.7 Å². The Morgan fingerprint density at radius 1 is 1.32 bits per heavy atom. The fourth-order valence-electron chi connectivity index (χ4n) is 2.99. The van der Waals surface area contributed by atoms with Crippen LogP contribution >= 0.6 is 12.2 Å². The summed E-state index contributed by atoms with van der Waals surface area (Å²) in [4.78, 5) is 2.58. The first-order valence-corrected chi connectivity index (χ1v) is 8.80. The summed E-state index contributed by atoms with van der Waals surface area (Å²) in [5.41, 5.74) is 3.65. The lowest BCUT2D eigenvalue weighted by molar-refractivity contribution is 0.182. The lowest BCUT2D eigenvalue weighted by atomic mass is 10.0. The smallest absolute Gasteiger partial charge is 0.170 e. The van der Waals surface area contributed by atoms with E-state index >= 15 is 0 Å². The van der Waals surface area contributed by atoms with E-state index in [1.165, 1.54) is 43.6 Å². The second kappa shape index (κ2) is 8.49. The SMILES string of the molecule is Cc1ccc(NC(=S)NCCCN2CCC[C@H](C)C2)cc1C. The van der Waals surface area contributed by atoms with Gasteiger partial charge in [0, 0.05) is 18.8 Å². The zero-order chi connectivity index (χ0) is 15.9. The molecule has 0 spiro atoms. The standard InChI is InChI=1S/C18H29N3S/c1-14-6-4-10-21(13-14)11-5-9-19-18(22)20-17-8-7-15(2)16(3)12-17/h7-8,12,14H,4-6,9-11,13H2,1-3H3,(H2,19,20,22)/t14-/m0/s1. The second-order valence-electron chi connectivity index (χ2n) is 6.58. The number of hydrogen-bond donors (Lipinski definition) is 2. The molecule has 4 heteroatoms. The Morgan fingerprint density at radius 3 is 2.86 bits per heavy atom. The predicted molar refractivity (Wildman–Crippen MR) is 99.6 cm³/mol. The van der Waals surface area contributed by atoms with Gasteiger partial charge in [-0.15, -0.1) is 0 Å². The fourth-order valence-corrected chi connectivity index (χ4v) is 3.21. The molecule has 0 aliphatic carbocycles. The van der Waals surface area contributed by atoms with E-state index in [9.17, 15) is 0 Å². The van der Waals surface area contributed by atoms with Crippen LogP contribution in [0, 0.1) is 19.8 Å². The van der Waals surface area contributed by atoms with Gasteiger partial charge in [0.25, 0.3) is 0 Å². The van der Waals surface area contributed by atoms with Gasteiger partial charge in [-0.2, -0.15) is 0 Å². The molecule has 1 aliphatic heterocycles. The van der Waals surface area contributed by atoms with Gasteiger partial charge in [-0.1, -0.05) is 13.0 Å². The van der Waals surface area contributed by atoms with Gasteiger partial charge in [-0.25, -0.2) is 0 Å². The summed E-state index contributed by atoms with van der Waals surface area (Å²) in [6.07, 6.45) is 3.88. The number of aryl methyl sites for hydroxylation is 2. The third-order valence-corrected chi connectivity index (χ3v) is 4.69. The summed E-state index contributed by atoms with van der Waals surface area (Å²) in [5, 5.41) is 7.29. The van der Waals surface area contributed by atoms with Crippen molar-refractivity contribution < 1.29 is 0 Å². The molecule has 3 nitrogen and oxygen atoms in total. The fraction of sp³-hybridized carbons (Fsp3) is 0.611. The molecule has 122 valence electrons. The average Bonchev–Trinajstić information content (AvgIpc) is 2.48. The average molecular weight is 320 g/mol. The number of hydrogen-bond acceptors (Lipinski definition) is 2. The highest BCUT2D eigenvalue weighted by atomic mass is 32.1. The Balaban J connectivity index is 1.64. The minimum Gasteiger partial charge on any atom is -0.362 e. The van der Waals surface area contributed by atoms with Gasteiger partial charge in [0.05, 0.1) is 0 Å². The number of nitrogens with zero attached hydrogens (tertiary/aromatic N) is 1. The van der Waals surface area contributed by atoms with Crippen LogP contribution < -0.4 is 10.6 Å². The molecule has 0 amide bonds. The maximum atomic E-state index is 5.36. The Labute approximate surface area is 140 Å². The van der Waals surface area contributed by atoms with Gasteiger partial charge >= 0.3 is 0 Å². The zero-order valence-electron chi connectivity index (χ0n) is 14.1. The van der Waals surface area contributed by atoms with Crippen LogP contribution in [0.5, 0.6) is 0 Å². The molecule has 1 aromatic rings. The second-order valence-corrected chi connectivity index (χ2v) is 6.99. The first-order valence-electron chi connectivity index (χ1n) is 8.39. The summed E-state index contributed by atoms with van der Waals surface area (Å²) in [6, 6.07) is 6.33. The molecule has 1 atom stereocenters. The van der Waals surface area contributed by atoms with Crippen molar-refractivity contribution in [1.29, 1.82) is 0 Å². The van der Waals surface area contributed by atoms with Crippen LogP contribution in [0.2, 0.25) is 0 Å². The normalized spacial score (nSPS) is 19.0. The highest BCUT2D eigenvalue weighted by Crippen LogP contribution is 2.15. The Kier molecular flexibility index (Phi) is 6.65. The minimum absolute atomic E-state index is 0.718. The largest absolute Gasteiger partial charge is 0.362 e. The molecule has 1 aliphatic rings. The topological polar surface area (TPSA) is 27.3 Å². The molecule has 0 saturated carbocycles. The van der Waals surface area contributed by atoms with E-state index in [1.807, 2.05) is 0 Å². The molecular weight excluding hydrogens is 290 g/mol. The predicted octanol–water partition coefficient (Wildman–Crippen LogP) is 3.71. The van der Waals surface area contributed by atoms with Crippen molar-refractivity contribution in [2.45, 2.75) is 40.0 Å². The summed E-state index contributed by atoms with van der Waals surface area (Å²) in [7, 11) is 0. The van der Waals surface area contributed by atoms with E-state index in [-0.39, 0.29) is 0 Å². The first kappa shape index (κ1) is 17.2. The van der Waals surface area contributed by atoms with E-state index in [4.69, 9.17) is 12.2 Å². The molecule has 2 rings (SSSR count). The number of nitrogens with one attached hydrogen (secondary N) is 2. The van der Waals surface area contributed by atoms with Gasteiger partial charge < -0.3 is 15.5 Å². The summed E-state index contributed by atoms with van der Waals surface area (Å²) in [6.45, 7) is 11.2. The van der Waals surface area contributed by atoms with Crippen molar-refractivity contribution in [3.8, 4) is 0 Å². The third-order valence-electron chi connectivity index (χ3n) is 4.44. The number of likely N-dealkylation sites (tertiary alicyclic amines) is 1. The molecule has 1 saturated heterocycles. The van der Waals surface area contributed by atoms with Gasteiger partial charge in [0.15, 0.2) is 5.11 Å². The van der Waals surface area contributed by atoms with Crippen LogP contribution in [0.3, 0.4) is 0 Å². The molecule has 1 aromatic carbocycles. The number of thiocarbonyl (C=S) groups is 1. The molecule has 1 fully saturated rings. The maximum Gasteiger partial charge on any atom is 0.170 e. The van der Waals surface area contributed by atoms with Crippen molar-refractivity contribution >= 4 is 23.0 Å². The van der Waals surface area contributed by atoms with E-state index < -0.39 is 0 Å². The molecule has 1 heterocycles. The first-order chi connectivity index (χ1) is 10.5. The van der Waals surface area contributed by atoms with Gasteiger partial charge in [-0.3, -0.25) is 0 Å². The lowest BCUT2D eigenvalue weighted by Gasteiger charge is -2.30. The Bertz CT molecular complexity index is 501. The molecule has 2 N–H and O–H groups in total. The van der Waals surface area contributed by atoms with Crippen LogP contribution in [-0.4, -0.2) is 36.2 Å². The Morgan fingerprint density at radius 2 is 2.14 bits per heavy atom. The van der Waals surface area contributed by atoms with Crippen LogP contribution in [0.4, 0.5) is 5.69 Å². The molecule has 0 radical (unpaired) electrons. The van der Waals surface area contributed by atoms with Crippen LogP contribution in [0.25, 0.3) is 0 Å². The van der Waals surface area contributed by atoms with Gasteiger partial charge in [-0.05, 0) is 87.6 Å². The number of benzene rings is 1. The summed E-state index contributed by atoms with van der Waals surface area (Å²) >= 11 is 5.36. The lowest BCUT2D eigenvalue weighted by Crippen LogP contribution is -2.37. The molecule has 22 heavy (non-hydrogen) atoms. The molecule has 0 aromatic heterocycles. The van der Waals surface area contributed by atoms with Gasteiger partial charge in [0.1, 0.15) is 0 Å². The third kappa shape index (κ3) is 5.58. The quantitative estimate of drug-likeness (QED) is 0.639. The highest BCUT2D eigenvalue weighted by Gasteiger charge is 2.15. The van der Waals surface area contributed by atoms with Crippen molar-refractivity contribution in [1.82, 2.24) is 10.2 Å². The number of anilines is 1. The van der Waals surface area contributed by atoms with Crippen LogP contribution in [-0.2, 0) is 0 Å². The van der Waals surface area contributed by atoms with Crippen molar-refractivity contribution in [2.24, 2.45) is 5.92 Å². The maximum absolute atomic E-state index is 5.36. The monoisotopic (exact) mass is 319 g/mol. The number of rotatable bonds is 5. The molecule has 0 unspecified atom stereocenters. The van der Waals surface area contributed by atoms with E-state index in [1.54, 1.807) is 0 Å². The zero-order valence-corrected chi connectivity index (χ0v) is 14.9. The van der Waals surface area contributed by atoms with Crippen molar-refractivity contribution in [2.75, 3.05) is 31.5 Å². The molecular formula is C18H29N3S. The summed E-state index contributed by atoms with van der Waals surface area (Å²) < 4.78 is 0. The minimum atomic E-state index is 0.718. The highest BCUT2D eigenvalue weighted by molar-refractivity contribution is 7.80. The van der Waals surface area contributed by atoms with E-state index in [2.05, 4.69) is 54.5 Å². The van der Waals surface area contributed by atoms with Crippen LogP contribution in [0.1, 0.15) is 37.3 Å². The van der Waals surface area contributed by atoms with Crippen molar-refractivity contribution in [3.63, 3.8) is 0 Å². The van der Waals surface area contributed by atoms with Gasteiger partial charge in [0.2, 0.25) is 0 Å². The van der Waals surface area contributed by atoms with E-state index in [0.29, 0.717) is 0 Å². The van der Waals surface area contributed by atoms with Crippen LogP contribution in [0.15, 0.2) is 18.2 Å². The number of piperidine rings is 1. The Hall–Kier alpha value is -1.13. The van der Waals surface area contributed by atoms with Crippen molar-refractivity contribution in [3.05, 3.63) is 29.3 Å².